The molecule has 1 aliphatic rings. The molecule has 1 aromatic rings. The minimum atomic E-state index is 0.439. The first-order chi connectivity index (χ1) is 7.70. The summed E-state index contributed by atoms with van der Waals surface area (Å²) >= 11 is 11.7. The van der Waals surface area contributed by atoms with Gasteiger partial charge in [-0.15, -0.1) is 0 Å². The molecular formula is C12H8Cl2N2. The first-order valence-electron chi connectivity index (χ1n) is 4.82. The predicted octanol–water partition coefficient (Wildman–Crippen LogP) is 3.93. The molecule has 4 heteroatoms. The number of hydrogen-bond donors (Lipinski definition) is 0. The third-order valence-electron chi connectivity index (χ3n) is 2.41. The van der Waals surface area contributed by atoms with E-state index in [9.17, 15) is 0 Å². The molecular weight excluding hydrogens is 243 g/mol. The molecule has 0 aromatic carbocycles. The lowest BCUT2D eigenvalue weighted by Crippen LogP contribution is -1.96. The zero-order valence-corrected chi connectivity index (χ0v) is 9.89. The van der Waals surface area contributed by atoms with Crippen molar-refractivity contribution in [3.8, 4) is 6.07 Å². The van der Waals surface area contributed by atoms with Gasteiger partial charge in [-0.1, -0.05) is 23.2 Å². The molecule has 1 aliphatic carbocycles. The first-order valence-corrected chi connectivity index (χ1v) is 5.57. The number of aromatic nitrogens is 1. The predicted molar refractivity (Wildman–Crippen MR) is 65.0 cm³/mol. The molecule has 1 aromatic heterocycles. The summed E-state index contributed by atoms with van der Waals surface area (Å²) in [5.74, 6) is 0. The molecule has 2 nitrogen and oxygen atoms in total. The highest BCUT2D eigenvalue weighted by atomic mass is 35.5. The molecule has 0 N–H and O–H groups in total. The fraction of sp³-hybridized carbons (Fsp3) is 0.167. The van der Waals surface area contributed by atoms with Crippen molar-refractivity contribution in [2.75, 3.05) is 0 Å². The highest BCUT2D eigenvalue weighted by Crippen LogP contribution is 2.31. The van der Waals surface area contributed by atoms with Crippen molar-refractivity contribution < 1.29 is 0 Å². The summed E-state index contributed by atoms with van der Waals surface area (Å²) in [6.45, 7) is 0. The lowest BCUT2D eigenvalue weighted by Gasteiger charge is -2.12. The largest absolute Gasteiger partial charge is 0.244 e. The van der Waals surface area contributed by atoms with E-state index < -0.39 is 0 Å². The van der Waals surface area contributed by atoms with Gasteiger partial charge in [0, 0.05) is 22.4 Å². The zero-order valence-electron chi connectivity index (χ0n) is 8.37. The van der Waals surface area contributed by atoms with E-state index in [1.165, 1.54) is 0 Å². The van der Waals surface area contributed by atoms with Crippen molar-refractivity contribution >= 4 is 28.8 Å². The van der Waals surface area contributed by atoms with Crippen LogP contribution in [0, 0.1) is 11.3 Å². The average Bonchev–Trinajstić information content (AvgIpc) is 2.30. The van der Waals surface area contributed by atoms with Crippen molar-refractivity contribution in [1.29, 1.82) is 5.26 Å². The molecule has 0 aliphatic heterocycles. The maximum absolute atomic E-state index is 9.04. The third-order valence-corrected chi connectivity index (χ3v) is 2.93. The van der Waals surface area contributed by atoms with Crippen LogP contribution in [0.25, 0.3) is 5.57 Å². The number of pyridine rings is 1. The van der Waals surface area contributed by atoms with E-state index in [1.54, 1.807) is 12.3 Å². The molecule has 0 radical (unpaired) electrons. The van der Waals surface area contributed by atoms with Gasteiger partial charge < -0.3 is 0 Å². The summed E-state index contributed by atoms with van der Waals surface area (Å²) in [4.78, 5) is 4.00. The standard InChI is InChI=1S/C12H8Cl2N2/c13-10-3-1-8(6-15)11(5-10)9-2-4-12(14)16-7-9/h2,4-5,7H,1,3H2. The Labute approximate surface area is 104 Å². The van der Waals surface area contributed by atoms with Crippen LogP contribution in [0.2, 0.25) is 5.15 Å². The maximum atomic E-state index is 9.04. The van der Waals surface area contributed by atoms with E-state index in [2.05, 4.69) is 11.1 Å². The number of nitrogens with zero attached hydrogens (tertiary/aromatic N) is 2. The van der Waals surface area contributed by atoms with Crippen LogP contribution in [-0.2, 0) is 0 Å². The second kappa shape index (κ2) is 4.69. The van der Waals surface area contributed by atoms with E-state index in [1.807, 2.05) is 12.1 Å². The fourth-order valence-corrected chi connectivity index (χ4v) is 1.92. The van der Waals surface area contributed by atoms with Crippen LogP contribution >= 0.6 is 23.2 Å². The third kappa shape index (κ3) is 2.27. The lowest BCUT2D eigenvalue weighted by molar-refractivity contribution is 0.982. The molecule has 0 fully saturated rings. The maximum Gasteiger partial charge on any atom is 0.129 e. The van der Waals surface area contributed by atoms with Gasteiger partial charge in [-0.3, -0.25) is 0 Å². The SMILES string of the molecule is N#CC1=C(c2ccc(Cl)nc2)C=C(Cl)CC1. The van der Waals surface area contributed by atoms with Gasteiger partial charge in [0.2, 0.25) is 0 Å². The number of halogens is 2. The van der Waals surface area contributed by atoms with E-state index in [4.69, 9.17) is 28.5 Å². The van der Waals surface area contributed by atoms with Crippen LogP contribution in [0.15, 0.2) is 35.0 Å². The van der Waals surface area contributed by atoms with Gasteiger partial charge in [0.25, 0.3) is 0 Å². The number of rotatable bonds is 1. The van der Waals surface area contributed by atoms with Crippen LogP contribution < -0.4 is 0 Å². The molecule has 0 amide bonds. The van der Waals surface area contributed by atoms with Gasteiger partial charge in [-0.2, -0.15) is 5.26 Å². The minimum Gasteiger partial charge on any atom is -0.244 e. The van der Waals surface area contributed by atoms with Crippen molar-refractivity contribution in [1.82, 2.24) is 4.98 Å². The Morgan fingerprint density at radius 2 is 2.06 bits per heavy atom. The summed E-state index contributed by atoms with van der Waals surface area (Å²) in [5, 5.41) is 10.2. The molecule has 1 heterocycles. The molecule has 80 valence electrons. The highest BCUT2D eigenvalue weighted by Gasteiger charge is 2.13. The van der Waals surface area contributed by atoms with E-state index in [0.29, 0.717) is 11.6 Å². The van der Waals surface area contributed by atoms with Gasteiger partial charge in [0.1, 0.15) is 5.15 Å². The Morgan fingerprint density at radius 1 is 1.25 bits per heavy atom. The normalized spacial score (nSPS) is 15.7. The highest BCUT2D eigenvalue weighted by molar-refractivity contribution is 6.30. The van der Waals surface area contributed by atoms with Gasteiger partial charge in [-0.25, -0.2) is 4.98 Å². The Hall–Kier alpha value is -1.30. The summed E-state index contributed by atoms with van der Waals surface area (Å²) in [7, 11) is 0. The van der Waals surface area contributed by atoms with Gasteiger partial charge in [0.15, 0.2) is 0 Å². The summed E-state index contributed by atoms with van der Waals surface area (Å²) in [5.41, 5.74) is 2.47. The fourth-order valence-electron chi connectivity index (χ4n) is 1.60. The first kappa shape index (κ1) is 11.2. The molecule has 2 rings (SSSR count). The van der Waals surface area contributed by atoms with Crippen molar-refractivity contribution in [3.63, 3.8) is 0 Å². The topological polar surface area (TPSA) is 36.7 Å². The zero-order chi connectivity index (χ0) is 11.5. The Morgan fingerprint density at radius 3 is 2.69 bits per heavy atom. The van der Waals surface area contributed by atoms with Crippen LogP contribution in [0.1, 0.15) is 18.4 Å². The van der Waals surface area contributed by atoms with Crippen LogP contribution in [-0.4, -0.2) is 4.98 Å². The minimum absolute atomic E-state index is 0.439. The summed E-state index contributed by atoms with van der Waals surface area (Å²) in [6, 6.07) is 5.75. The van der Waals surface area contributed by atoms with E-state index >= 15 is 0 Å². The quantitative estimate of drug-likeness (QED) is 0.709. The molecule has 16 heavy (non-hydrogen) atoms. The van der Waals surface area contributed by atoms with Gasteiger partial charge in [-0.05, 0) is 36.6 Å². The molecule has 0 spiro atoms. The van der Waals surface area contributed by atoms with Crippen LogP contribution in [0.4, 0.5) is 0 Å². The van der Waals surface area contributed by atoms with Crippen molar-refractivity contribution in [2.24, 2.45) is 0 Å². The van der Waals surface area contributed by atoms with Crippen LogP contribution in [0.3, 0.4) is 0 Å². The Bertz CT molecular complexity index is 507. The second-order valence-corrected chi connectivity index (χ2v) is 4.34. The molecule has 0 bridgehead atoms. The monoisotopic (exact) mass is 250 g/mol. The average molecular weight is 251 g/mol. The van der Waals surface area contributed by atoms with E-state index in [-0.39, 0.29) is 0 Å². The van der Waals surface area contributed by atoms with Gasteiger partial charge in [0.05, 0.1) is 6.07 Å². The number of hydrogen-bond acceptors (Lipinski definition) is 2. The number of nitriles is 1. The Balaban J connectivity index is 2.49. The second-order valence-electron chi connectivity index (χ2n) is 3.46. The van der Waals surface area contributed by atoms with Crippen molar-refractivity contribution in [2.45, 2.75) is 12.8 Å². The molecule has 0 atom stereocenters. The molecule has 0 unspecified atom stereocenters. The number of allylic oxidation sites excluding steroid dienone is 4. The van der Waals surface area contributed by atoms with Crippen molar-refractivity contribution in [3.05, 3.63) is 45.7 Å². The summed E-state index contributed by atoms with van der Waals surface area (Å²) in [6.07, 6.45) is 4.90. The van der Waals surface area contributed by atoms with E-state index in [0.717, 1.165) is 28.2 Å². The lowest BCUT2D eigenvalue weighted by atomic mass is 9.94. The molecule has 0 saturated carbocycles. The van der Waals surface area contributed by atoms with Crippen LogP contribution in [0.5, 0.6) is 0 Å². The molecule has 0 saturated heterocycles. The smallest absolute Gasteiger partial charge is 0.129 e. The van der Waals surface area contributed by atoms with Gasteiger partial charge >= 0.3 is 0 Å². The summed E-state index contributed by atoms with van der Waals surface area (Å²) < 4.78 is 0. The Kier molecular flexibility index (Phi) is 3.28.